The maximum absolute atomic E-state index is 12.9. The van der Waals surface area contributed by atoms with E-state index in [9.17, 15) is 18.0 Å². The molecule has 6 nitrogen and oxygen atoms in total. The molecule has 0 unspecified atom stereocenters. The van der Waals surface area contributed by atoms with Crippen LogP contribution in [0.1, 0.15) is 16.1 Å². The van der Waals surface area contributed by atoms with Crippen LogP contribution in [0.3, 0.4) is 0 Å². The van der Waals surface area contributed by atoms with Crippen molar-refractivity contribution in [2.24, 2.45) is 7.05 Å². The number of rotatable bonds is 2. The molecule has 9 heteroatoms. The number of carbonyl (C=O) groups excluding carboxylic acids is 1. The molecule has 0 saturated heterocycles. The van der Waals surface area contributed by atoms with Crippen molar-refractivity contribution in [2.75, 3.05) is 11.9 Å². The lowest BCUT2D eigenvalue weighted by Crippen LogP contribution is -2.28. The number of nitrogens with zero attached hydrogens (tertiary/aromatic N) is 5. The van der Waals surface area contributed by atoms with Gasteiger partial charge >= 0.3 is 6.18 Å². The summed E-state index contributed by atoms with van der Waals surface area (Å²) in [5.41, 5.74) is -1.27. The molecule has 20 heavy (non-hydrogen) atoms. The Labute approximate surface area is 111 Å². The summed E-state index contributed by atoms with van der Waals surface area (Å²) in [5, 5.41) is 10.6. The van der Waals surface area contributed by atoms with Crippen molar-refractivity contribution in [3.8, 4) is 0 Å². The standard InChI is InChI=1S/C11H10F3N5O/c1-18(7-3-4-15-16-5-7)10(20)8-6-17-19(2)9(8)11(12,13)14/h3-6H,1-2H3. The Hall–Kier alpha value is -2.45. The summed E-state index contributed by atoms with van der Waals surface area (Å²) in [6, 6.07) is 1.47. The number of aryl methyl sites for hydroxylation is 1. The lowest BCUT2D eigenvalue weighted by Gasteiger charge is -2.17. The maximum atomic E-state index is 12.9. The van der Waals surface area contributed by atoms with Crippen molar-refractivity contribution < 1.29 is 18.0 Å². The smallest absolute Gasteiger partial charge is 0.310 e. The van der Waals surface area contributed by atoms with E-state index in [1.165, 1.54) is 25.5 Å². The average molecular weight is 285 g/mol. The number of alkyl halides is 3. The predicted molar refractivity (Wildman–Crippen MR) is 63.0 cm³/mol. The highest BCUT2D eigenvalue weighted by Gasteiger charge is 2.40. The Morgan fingerprint density at radius 2 is 2.00 bits per heavy atom. The molecule has 0 bridgehead atoms. The molecule has 2 aromatic rings. The van der Waals surface area contributed by atoms with Crippen LogP contribution in [0.25, 0.3) is 0 Å². The fourth-order valence-electron chi connectivity index (χ4n) is 1.71. The normalized spacial score (nSPS) is 11.4. The summed E-state index contributed by atoms with van der Waals surface area (Å²) in [4.78, 5) is 13.2. The van der Waals surface area contributed by atoms with Crippen molar-refractivity contribution in [1.82, 2.24) is 20.0 Å². The van der Waals surface area contributed by atoms with E-state index in [1.807, 2.05) is 0 Å². The second-order valence-corrected chi connectivity index (χ2v) is 3.99. The molecule has 0 radical (unpaired) electrons. The number of aromatic nitrogens is 4. The molecule has 0 spiro atoms. The van der Waals surface area contributed by atoms with E-state index >= 15 is 0 Å². The third-order valence-corrected chi connectivity index (χ3v) is 2.70. The minimum Gasteiger partial charge on any atom is -0.310 e. The van der Waals surface area contributed by atoms with Crippen LogP contribution in [0.2, 0.25) is 0 Å². The van der Waals surface area contributed by atoms with Gasteiger partial charge < -0.3 is 4.90 Å². The molecule has 2 heterocycles. The number of halogens is 3. The van der Waals surface area contributed by atoms with Gasteiger partial charge in [0.1, 0.15) is 0 Å². The fourth-order valence-corrected chi connectivity index (χ4v) is 1.71. The van der Waals surface area contributed by atoms with Gasteiger partial charge in [-0.1, -0.05) is 0 Å². The Balaban J connectivity index is 2.40. The minimum atomic E-state index is -4.66. The number of carbonyl (C=O) groups is 1. The van der Waals surface area contributed by atoms with Crippen LogP contribution in [0, 0.1) is 0 Å². The first-order chi connectivity index (χ1) is 9.32. The third kappa shape index (κ3) is 2.46. The Bertz CT molecular complexity index is 623. The summed E-state index contributed by atoms with van der Waals surface area (Å²) in [6.45, 7) is 0. The molecule has 0 saturated carbocycles. The van der Waals surface area contributed by atoms with E-state index in [4.69, 9.17) is 0 Å². The second kappa shape index (κ2) is 4.91. The number of anilines is 1. The van der Waals surface area contributed by atoms with Gasteiger partial charge in [-0.2, -0.15) is 28.5 Å². The zero-order chi connectivity index (χ0) is 14.9. The van der Waals surface area contributed by atoms with E-state index in [2.05, 4.69) is 15.3 Å². The Morgan fingerprint density at radius 3 is 2.55 bits per heavy atom. The van der Waals surface area contributed by atoms with Crippen LogP contribution in [0.15, 0.2) is 24.7 Å². The molecule has 0 aliphatic carbocycles. The molecule has 0 aliphatic rings. The minimum absolute atomic E-state index is 0.335. The van der Waals surface area contributed by atoms with Crippen molar-refractivity contribution in [1.29, 1.82) is 0 Å². The molecule has 0 N–H and O–H groups in total. The summed E-state index contributed by atoms with van der Waals surface area (Å²) in [5.74, 6) is -0.821. The monoisotopic (exact) mass is 285 g/mol. The van der Waals surface area contributed by atoms with Crippen LogP contribution < -0.4 is 4.90 Å². The van der Waals surface area contributed by atoms with Crippen LogP contribution >= 0.6 is 0 Å². The van der Waals surface area contributed by atoms with E-state index in [1.54, 1.807) is 0 Å². The van der Waals surface area contributed by atoms with Crippen molar-refractivity contribution in [2.45, 2.75) is 6.18 Å². The van der Waals surface area contributed by atoms with E-state index < -0.39 is 23.3 Å². The van der Waals surface area contributed by atoms with Crippen molar-refractivity contribution in [3.63, 3.8) is 0 Å². The lowest BCUT2D eigenvalue weighted by atomic mass is 10.2. The van der Waals surface area contributed by atoms with Gasteiger partial charge in [0.15, 0.2) is 5.69 Å². The lowest BCUT2D eigenvalue weighted by molar-refractivity contribution is -0.144. The molecule has 1 amide bonds. The largest absolute Gasteiger partial charge is 0.433 e. The van der Waals surface area contributed by atoms with E-state index in [0.29, 0.717) is 10.4 Å². The second-order valence-electron chi connectivity index (χ2n) is 3.99. The van der Waals surface area contributed by atoms with Gasteiger partial charge in [0.25, 0.3) is 5.91 Å². The molecule has 0 fully saturated rings. The van der Waals surface area contributed by atoms with E-state index in [0.717, 1.165) is 18.1 Å². The molecule has 0 atom stereocenters. The molecular weight excluding hydrogens is 275 g/mol. The van der Waals surface area contributed by atoms with Crippen LogP contribution in [0.4, 0.5) is 18.9 Å². The topological polar surface area (TPSA) is 63.9 Å². The third-order valence-electron chi connectivity index (χ3n) is 2.70. The highest BCUT2D eigenvalue weighted by molar-refractivity contribution is 6.06. The van der Waals surface area contributed by atoms with Crippen LogP contribution in [-0.4, -0.2) is 32.9 Å². The highest BCUT2D eigenvalue weighted by atomic mass is 19.4. The number of hydrogen-bond acceptors (Lipinski definition) is 4. The van der Waals surface area contributed by atoms with Gasteiger partial charge in [0, 0.05) is 14.1 Å². The van der Waals surface area contributed by atoms with Crippen molar-refractivity contribution in [3.05, 3.63) is 35.9 Å². The molecule has 0 aromatic carbocycles. The van der Waals surface area contributed by atoms with Crippen LogP contribution in [0.5, 0.6) is 0 Å². The number of hydrogen-bond donors (Lipinski definition) is 0. The summed E-state index contributed by atoms with van der Waals surface area (Å²) in [6.07, 6.45) is -1.14. The molecular formula is C11H10F3N5O. The SMILES string of the molecule is CN(C(=O)c1cnn(C)c1C(F)(F)F)c1ccnnc1. The highest BCUT2D eigenvalue weighted by Crippen LogP contribution is 2.32. The predicted octanol–water partition coefficient (Wildman–Crippen LogP) is 1.51. The quantitative estimate of drug-likeness (QED) is 0.839. The van der Waals surface area contributed by atoms with Gasteiger partial charge in [-0.25, -0.2) is 0 Å². The van der Waals surface area contributed by atoms with Gasteiger partial charge in [0.05, 0.1) is 29.8 Å². The zero-order valence-corrected chi connectivity index (χ0v) is 10.6. The molecule has 0 aliphatic heterocycles. The molecule has 106 valence electrons. The van der Waals surface area contributed by atoms with E-state index in [-0.39, 0.29) is 0 Å². The van der Waals surface area contributed by atoms with Crippen LogP contribution in [-0.2, 0) is 13.2 Å². The van der Waals surface area contributed by atoms with Crippen molar-refractivity contribution >= 4 is 11.6 Å². The maximum Gasteiger partial charge on any atom is 0.433 e. The fraction of sp³-hybridized carbons (Fsp3) is 0.273. The first-order valence-electron chi connectivity index (χ1n) is 5.46. The first kappa shape index (κ1) is 14.0. The van der Waals surface area contributed by atoms with Gasteiger partial charge in [-0.3, -0.25) is 9.48 Å². The summed E-state index contributed by atoms with van der Waals surface area (Å²) in [7, 11) is 2.49. The average Bonchev–Trinajstić information content (AvgIpc) is 2.80. The Morgan fingerprint density at radius 1 is 1.30 bits per heavy atom. The summed E-state index contributed by atoms with van der Waals surface area (Å²) >= 11 is 0. The van der Waals surface area contributed by atoms with Gasteiger partial charge in [-0.05, 0) is 6.07 Å². The van der Waals surface area contributed by atoms with Gasteiger partial charge in [-0.15, -0.1) is 0 Å². The molecule has 2 aromatic heterocycles. The molecule has 2 rings (SSSR count). The van der Waals surface area contributed by atoms with Gasteiger partial charge in [0.2, 0.25) is 0 Å². The Kier molecular flexibility index (Phi) is 3.43. The first-order valence-corrected chi connectivity index (χ1v) is 5.46. The zero-order valence-electron chi connectivity index (χ0n) is 10.6. The summed E-state index contributed by atoms with van der Waals surface area (Å²) < 4.78 is 39.4. The number of amides is 1.